The van der Waals surface area contributed by atoms with Crippen LogP contribution in [0.1, 0.15) is 24.6 Å². The first kappa shape index (κ1) is 16.2. The Hall–Kier alpha value is -2.25. The van der Waals surface area contributed by atoms with E-state index in [9.17, 15) is 0 Å². The molecule has 0 saturated heterocycles. The molecule has 0 fully saturated rings. The molecular formula is C18H18N4OS2. The van der Waals surface area contributed by atoms with E-state index in [1.807, 2.05) is 35.0 Å². The van der Waals surface area contributed by atoms with E-state index in [1.54, 1.807) is 23.1 Å². The van der Waals surface area contributed by atoms with E-state index >= 15 is 0 Å². The van der Waals surface area contributed by atoms with Crippen LogP contribution in [0.4, 0.5) is 0 Å². The van der Waals surface area contributed by atoms with Gasteiger partial charge in [-0.25, -0.2) is 4.68 Å². The SMILES string of the molecule is CCCCOc1ccc(-c2nnc3n2NC(c2cccs2)=CS3)cc1. The summed E-state index contributed by atoms with van der Waals surface area (Å²) in [5.41, 5.74) is 5.48. The molecule has 4 rings (SSSR count). The monoisotopic (exact) mass is 370 g/mol. The summed E-state index contributed by atoms with van der Waals surface area (Å²) in [5.74, 6) is 1.68. The number of unbranched alkanes of at least 4 members (excludes halogenated alkanes) is 1. The number of thioether (sulfide) groups is 1. The number of fused-ring (bicyclic) bond motifs is 1. The molecule has 25 heavy (non-hydrogen) atoms. The average Bonchev–Trinajstić information content (AvgIpc) is 3.32. The zero-order chi connectivity index (χ0) is 17.1. The van der Waals surface area contributed by atoms with Crippen molar-refractivity contribution in [2.45, 2.75) is 24.9 Å². The molecule has 0 bridgehead atoms. The maximum Gasteiger partial charge on any atom is 0.214 e. The summed E-state index contributed by atoms with van der Waals surface area (Å²) >= 11 is 3.28. The Balaban J connectivity index is 1.54. The maximum atomic E-state index is 5.73. The standard InChI is InChI=1S/C18H18N4OS2/c1-2-3-10-23-14-8-6-13(7-9-14)17-19-20-18-22(17)21-15(12-25-18)16-5-4-11-24-16/h4-9,11-12,21H,2-3,10H2,1H3. The van der Waals surface area contributed by atoms with Crippen molar-refractivity contribution in [1.82, 2.24) is 14.9 Å². The quantitative estimate of drug-likeness (QED) is 0.630. The van der Waals surface area contributed by atoms with Gasteiger partial charge in [0.15, 0.2) is 5.82 Å². The van der Waals surface area contributed by atoms with Crippen molar-refractivity contribution in [3.63, 3.8) is 0 Å². The van der Waals surface area contributed by atoms with Crippen LogP contribution in [0.15, 0.2) is 52.3 Å². The summed E-state index contributed by atoms with van der Waals surface area (Å²) in [7, 11) is 0. The Bertz CT molecular complexity index is 869. The van der Waals surface area contributed by atoms with Crippen LogP contribution in [-0.4, -0.2) is 21.5 Å². The van der Waals surface area contributed by atoms with Crippen molar-refractivity contribution in [3.8, 4) is 17.1 Å². The molecule has 1 aliphatic rings. The van der Waals surface area contributed by atoms with Gasteiger partial charge >= 0.3 is 0 Å². The van der Waals surface area contributed by atoms with E-state index in [4.69, 9.17) is 4.74 Å². The summed E-state index contributed by atoms with van der Waals surface area (Å²) in [6, 6.07) is 12.2. The zero-order valence-electron chi connectivity index (χ0n) is 13.8. The van der Waals surface area contributed by atoms with Crippen LogP contribution in [0, 0.1) is 0 Å². The molecule has 1 aliphatic heterocycles. The Labute approximate surface area is 154 Å². The van der Waals surface area contributed by atoms with Gasteiger partial charge in [0.1, 0.15) is 5.75 Å². The molecule has 0 spiro atoms. The largest absolute Gasteiger partial charge is 0.494 e. The highest BCUT2D eigenvalue weighted by Crippen LogP contribution is 2.32. The minimum absolute atomic E-state index is 0.753. The average molecular weight is 371 g/mol. The fourth-order valence-corrected chi connectivity index (χ4v) is 3.97. The Morgan fingerprint density at radius 1 is 1.16 bits per heavy atom. The number of hydrogen-bond acceptors (Lipinski definition) is 6. The molecule has 0 radical (unpaired) electrons. The minimum Gasteiger partial charge on any atom is -0.494 e. The lowest BCUT2D eigenvalue weighted by Crippen LogP contribution is -2.17. The van der Waals surface area contributed by atoms with Crippen molar-refractivity contribution in [3.05, 3.63) is 52.1 Å². The first-order valence-electron chi connectivity index (χ1n) is 8.21. The van der Waals surface area contributed by atoms with Gasteiger partial charge in [0, 0.05) is 11.0 Å². The first-order valence-corrected chi connectivity index (χ1v) is 9.97. The summed E-state index contributed by atoms with van der Waals surface area (Å²) in [6.07, 6.45) is 2.20. The van der Waals surface area contributed by atoms with Crippen molar-refractivity contribution in [2.75, 3.05) is 12.0 Å². The Morgan fingerprint density at radius 3 is 2.80 bits per heavy atom. The van der Waals surface area contributed by atoms with Crippen molar-refractivity contribution in [1.29, 1.82) is 0 Å². The van der Waals surface area contributed by atoms with Gasteiger partial charge in [-0.15, -0.1) is 21.5 Å². The smallest absolute Gasteiger partial charge is 0.214 e. The van der Waals surface area contributed by atoms with Crippen molar-refractivity contribution >= 4 is 28.8 Å². The molecule has 7 heteroatoms. The Kier molecular flexibility index (Phi) is 4.76. The third-order valence-corrected chi connectivity index (χ3v) is 5.55. The van der Waals surface area contributed by atoms with Crippen LogP contribution in [0.25, 0.3) is 17.1 Å². The number of ether oxygens (including phenoxy) is 1. The zero-order valence-corrected chi connectivity index (χ0v) is 15.4. The van der Waals surface area contributed by atoms with Gasteiger partial charge in [-0.2, -0.15) is 0 Å². The number of nitrogens with one attached hydrogen (secondary N) is 1. The van der Waals surface area contributed by atoms with E-state index in [-0.39, 0.29) is 0 Å². The summed E-state index contributed by atoms with van der Waals surface area (Å²) in [5, 5.41) is 13.6. The van der Waals surface area contributed by atoms with Crippen molar-refractivity contribution in [2.24, 2.45) is 0 Å². The fraction of sp³-hybridized carbons (Fsp3) is 0.222. The van der Waals surface area contributed by atoms with Crippen LogP contribution in [0.2, 0.25) is 0 Å². The number of aromatic nitrogens is 3. The van der Waals surface area contributed by atoms with Crippen molar-refractivity contribution < 1.29 is 4.74 Å². The maximum absolute atomic E-state index is 5.73. The molecule has 128 valence electrons. The Morgan fingerprint density at radius 2 is 2.04 bits per heavy atom. The second-order valence-corrected chi connectivity index (χ2v) is 7.39. The lowest BCUT2D eigenvalue weighted by Gasteiger charge is -2.18. The van der Waals surface area contributed by atoms with Gasteiger partial charge in [-0.1, -0.05) is 31.2 Å². The van der Waals surface area contributed by atoms with Gasteiger partial charge < -0.3 is 4.74 Å². The molecule has 0 amide bonds. The third kappa shape index (κ3) is 3.43. The normalized spacial score (nSPS) is 13.1. The topological polar surface area (TPSA) is 52.0 Å². The molecule has 1 aromatic carbocycles. The third-order valence-electron chi connectivity index (χ3n) is 3.81. The summed E-state index contributed by atoms with van der Waals surface area (Å²) in [6.45, 7) is 2.91. The van der Waals surface area contributed by atoms with Crippen LogP contribution < -0.4 is 10.2 Å². The van der Waals surface area contributed by atoms with Gasteiger partial charge in [-0.3, -0.25) is 5.43 Å². The second-order valence-electron chi connectivity index (χ2n) is 5.61. The van der Waals surface area contributed by atoms with E-state index in [1.165, 1.54) is 4.88 Å². The van der Waals surface area contributed by atoms with E-state index in [0.29, 0.717) is 0 Å². The predicted octanol–water partition coefficient (Wildman–Crippen LogP) is 4.83. The molecule has 2 aromatic heterocycles. The van der Waals surface area contributed by atoms with Gasteiger partial charge in [0.25, 0.3) is 0 Å². The van der Waals surface area contributed by atoms with Crippen LogP contribution >= 0.6 is 23.1 Å². The number of rotatable bonds is 6. The van der Waals surface area contributed by atoms with Gasteiger partial charge in [0.2, 0.25) is 5.16 Å². The minimum atomic E-state index is 0.753. The van der Waals surface area contributed by atoms with Gasteiger partial charge in [-0.05, 0) is 42.1 Å². The number of thiophene rings is 1. The van der Waals surface area contributed by atoms with E-state index < -0.39 is 0 Å². The molecular weight excluding hydrogens is 352 g/mol. The molecule has 0 saturated carbocycles. The summed E-state index contributed by atoms with van der Waals surface area (Å²) < 4.78 is 7.66. The second kappa shape index (κ2) is 7.33. The molecule has 5 nitrogen and oxygen atoms in total. The van der Waals surface area contributed by atoms with E-state index in [0.717, 1.165) is 47.4 Å². The highest BCUT2D eigenvalue weighted by atomic mass is 32.2. The molecule has 0 atom stereocenters. The molecule has 3 heterocycles. The molecule has 3 aromatic rings. The van der Waals surface area contributed by atoms with Crippen LogP contribution in [0.5, 0.6) is 5.75 Å². The number of benzene rings is 1. The highest BCUT2D eigenvalue weighted by molar-refractivity contribution is 8.02. The lowest BCUT2D eigenvalue weighted by atomic mass is 10.2. The van der Waals surface area contributed by atoms with E-state index in [2.05, 4.69) is 39.4 Å². The van der Waals surface area contributed by atoms with Crippen LogP contribution in [0.3, 0.4) is 0 Å². The molecule has 1 N–H and O–H groups in total. The molecule has 0 unspecified atom stereocenters. The predicted molar refractivity (Wildman–Crippen MR) is 103 cm³/mol. The first-order chi connectivity index (χ1) is 12.3. The lowest BCUT2D eigenvalue weighted by molar-refractivity contribution is 0.309. The molecule has 0 aliphatic carbocycles. The van der Waals surface area contributed by atoms with Gasteiger partial charge in [0.05, 0.1) is 17.2 Å². The summed E-state index contributed by atoms with van der Waals surface area (Å²) in [4.78, 5) is 1.19. The highest BCUT2D eigenvalue weighted by Gasteiger charge is 2.19. The fourth-order valence-electron chi connectivity index (χ4n) is 2.47. The number of hydrogen-bond donors (Lipinski definition) is 1. The van der Waals surface area contributed by atoms with Crippen LogP contribution in [-0.2, 0) is 0 Å². The number of nitrogens with zero attached hydrogens (tertiary/aromatic N) is 3.